The minimum atomic E-state index is -0.632. The van der Waals surface area contributed by atoms with Crippen LogP contribution in [0.5, 0.6) is 5.75 Å². The monoisotopic (exact) mass is 444 g/mol. The fourth-order valence-electron chi connectivity index (χ4n) is 4.14. The van der Waals surface area contributed by atoms with Crippen molar-refractivity contribution in [2.24, 2.45) is 5.92 Å². The molecule has 5 aromatic rings. The second-order valence-electron chi connectivity index (χ2n) is 8.41. The molecule has 2 aromatic carbocycles. The van der Waals surface area contributed by atoms with Gasteiger partial charge in [-0.15, -0.1) is 0 Å². The molecule has 0 saturated carbocycles. The van der Waals surface area contributed by atoms with E-state index in [-0.39, 0.29) is 29.1 Å². The van der Waals surface area contributed by atoms with Gasteiger partial charge in [0.2, 0.25) is 0 Å². The minimum Gasteiger partial charge on any atom is -0.508 e. The van der Waals surface area contributed by atoms with E-state index in [1.165, 1.54) is 22.9 Å². The van der Waals surface area contributed by atoms with Crippen molar-refractivity contribution in [2.45, 2.75) is 26.7 Å². The quantitative estimate of drug-likeness (QED) is 0.416. The van der Waals surface area contributed by atoms with Crippen LogP contribution < -0.4 is 11.3 Å². The summed E-state index contributed by atoms with van der Waals surface area (Å²) in [5.74, 6) is -0.262. The Hall–Kier alpha value is -4.20. The number of carbonyl (C=O) groups is 1. The van der Waals surface area contributed by atoms with E-state index in [0.29, 0.717) is 39.6 Å². The standard InChI is InChI=1S/C25H20N2O6/c1-13(2)9-18-23-24(17-5-3-4-6-19(17)33-25(23)31)27(26-18)21(29)10-14-11-22(30)32-20-12-15(28)7-8-16(14)20/h3-8,11-13,28H,9-10H2,1-2H3. The van der Waals surface area contributed by atoms with Crippen molar-refractivity contribution in [2.75, 3.05) is 0 Å². The molecule has 0 aliphatic heterocycles. The largest absolute Gasteiger partial charge is 0.508 e. The maximum Gasteiger partial charge on any atom is 0.347 e. The molecule has 3 heterocycles. The molecule has 0 spiro atoms. The highest BCUT2D eigenvalue weighted by atomic mass is 16.4. The van der Waals surface area contributed by atoms with Crippen LogP contribution in [-0.2, 0) is 12.8 Å². The topological polar surface area (TPSA) is 116 Å². The van der Waals surface area contributed by atoms with Crippen LogP contribution in [0.2, 0.25) is 0 Å². The minimum absolute atomic E-state index is 0.0521. The number of benzene rings is 2. The third-order valence-corrected chi connectivity index (χ3v) is 5.50. The normalized spacial score (nSPS) is 11.7. The van der Waals surface area contributed by atoms with Gasteiger partial charge in [0.25, 0.3) is 5.91 Å². The highest BCUT2D eigenvalue weighted by Gasteiger charge is 2.23. The average Bonchev–Trinajstić information content (AvgIpc) is 3.13. The Morgan fingerprint density at radius 2 is 1.82 bits per heavy atom. The molecule has 0 atom stereocenters. The molecule has 0 saturated heterocycles. The lowest BCUT2D eigenvalue weighted by molar-refractivity contribution is 0.0904. The van der Waals surface area contributed by atoms with Gasteiger partial charge in [0.15, 0.2) is 0 Å². The lowest BCUT2D eigenvalue weighted by Crippen LogP contribution is -2.17. The molecule has 0 bridgehead atoms. The van der Waals surface area contributed by atoms with Crippen molar-refractivity contribution in [3.05, 3.63) is 80.6 Å². The number of aromatic nitrogens is 2. The Morgan fingerprint density at radius 1 is 1.03 bits per heavy atom. The van der Waals surface area contributed by atoms with Crippen LogP contribution in [0.3, 0.4) is 0 Å². The first-order chi connectivity index (χ1) is 15.8. The second-order valence-corrected chi connectivity index (χ2v) is 8.41. The van der Waals surface area contributed by atoms with Crippen molar-refractivity contribution in [3.63, 3.8) is 0 Å². The van der Waals surface area contributed by atoms with Crippen LogP contribution in [0.15, 0.2) is 67.0 Å². The Kier molecular flexibility index (Phi) is 4.85. The maximum absolute atomic E-state index is 13.5. The van der Waals surface area contributed by atoms with E-state index < -0.39 is 17.2 Å². The van der Waals surface area contributed by atoms with Gasteiger partial charge in [-0.25, -0.2) is 9.59 Å². The summed E-state index contributed by atoms with van der Waals surface area (Å²) in [5, 5.41) is 15.7. The van der Waals surface area contributed by atoms with Gasteiger partial charge in [-0.3, -0.25) is 4.79 Å². The predicted octanol–water partition coefficient (Wildman–Crippen LogP) is 4.04. The summed E-state index contributed by atoms with van der Waals surface area (Å²) in [6.45, 7) is 4.00. The van der Waals surface area contributed by atoms with E-state index in [2.05, 4.69) is 5.10 Å². The first-order valence-corrected chi connectivity index (χ1v) is 10.5. The number of phenols is 1. The summed E-state index contributed by atoms with van der Waals surface area (Å²) in [6.07, 6.45) is 0.344. The summed E-state index contributed by atoms with van der Waals surface area (Å²) in [5.41, 5.74) is 0.700. The number of nitrogens with zero attached hydrogens (tertiary/aromatic N) is 2. The molecule has 0 aliphatic rings. The van der Waals surface area contributed by atoms with Gasteiger partial charge in [0, 0.05) is 22.9 Å². The van der Waals surface area contributed by atoms with Gasteiger partial charge in [-0.1, -0.05) is 26.0 Å². The average molecular weight is 444 g/mol. The molecule has 8 heteroatoms. The van der Waals surface area contributed by atoms with Crippen LogP contribution in [0.4, 0.5) is 0 Å². The fraction of sp³-hybridized carbons (Fsp3) is 0.200. The molecular weight excluding hydrogens is 424 g/mol. The number of hydrogen-bond donors (Lipinski definition) is 1. The molecule has 0 aliphatic carbocycles. The smallest absolute Gasteiger partial charge is 0.347 e. The van der Waals surface area contributed by atoms with Gasteiger partial charge in [0.05, 0.1) is 17.6 Å². The molecule has 33 heavy (non-hydrogen) atoms. The molecule has 0 fully saturated rings. The van der Waals surface area contributed by atoms with E-state index >= 15 is 0 Å². The van der Waals surface area contributed by atoms with Gasteiger partial charge in [0.1, 0.15) is 22.3 Å². The Morgan fingerprint density at radius 3 is 2.61 bits per heavy atom. The van der Waals surface area contributed by atoms with Crippen LogP contribution in [0.1, 0.15) is 29.9 Å². The van der Waals surface area contributed by atoms with Crippen molar-refractivity contribution in [1.29, 1.82) is 0 Å². The fourth-order valence-corrected chi connectivity index (χ4v) is 4.14. The van der Waals surface area contributed by atoms with Gasteiger partial charge >= 0.3 is 11.3 Å². The second kappa shape index (κ2) is 7.74. The van der Waals surface area contributed by atoms with Crippen LogP contribution in [-0.4, -0.2) is 20.8 Å². The lowest BCUT2D eigenvalue weighted by Gasteiger charge is -2.07. The summed E-state index contributed by atoms with van der Waals surface area (Å²) in [6, 6.07) is 12.6. The summed E-state index contributed by atoms with van der Waals surface area (Å²) in [4.78, 5) is 38.4. The van der Waals surface area contributed by atoms with E-state index in [1.54, 1.807) is 30.3 Å². The molecule has 0 unspecified atom stereocenters. The molecular formula is C25H20N2O6. The number of aromatic hydroxyl groups is 1. The zero-order chi connectivity index (χ0) is 23.3. The number of hydrogen-bond acceptors (Lipinski definition) is 7. The van der Waals surface area contributed by atoms with Gasteiger partial charge < -0.3 is 13.9 Å². The third kappa shape index (κ3) is 3.59. The van der Waals surface area contributed by atoms with Crippen LogP contribution >= 0.6 is 0 Å². The van der Waals surface area contributed by atoms with Crippen molar-refractivity contribution in [1.82, 2.24) is 9.78 Å². The SMILES string of the molecule is CC(C)Cc1nn(C(=O)Cc2cc(=O)oc3cc(O)ccc23)c2c1c(=O)oc1ccccc12. The number of phenolic OH excluding ortho intramolecular Hbond substituents is 1. The third-order valence-electron chi connectivity index (χ3n) is 5.50. The van der Waals surface area contributed by atoms with Crippen LogP contribution in [0.25, 0.3) is 32.8 Å². The first kappa shape index (κ1) is 20.7. The number of rotatable bonds is 4. The molecule has 0 radical (unpaired) electrons. The van der Waals surface area contributed by atoms with E-state index in [9.17, 15) is 19.5 Å². The maximum atomic E-state index is 13.5. The van der Waals surface area contributed by atoms with Gasteiger partial charge in [-0.05, 0) is 42.2 Å². The highest BCUT2D eigenvalue weighted by molar-refractivity contribution is 6.07. The molecule has 166 valence electrons. The van der Waals surface area contributed by atoms with Crippen molar-refractivity contribution >= 4 is 38.7 Å². The molecule has 0 amide bonds. The van der Waals surface area contributed by atoms with Crippen LogP contribution in [0, 0.1) is 5.92 Å². The molecule has 5 rings (SSSR count). The number of carbonyl (C=O) groups excluding carboxylic acids is 1. The first-order valence-electron chi connectivity index (χ1n) is 10.5. The highest BCUT2D eigenvalue weighted by Crippen LogP contribution is 2.27. The summed E-state index contributed by atoms with van der Waals surface area (Å²) < 4.78 is 11.9. The predicted molar refractivity (Wildman–Crippen MR) is 123 cm³/mol. The summed E-state index contributed by atoms with van der Waals surface area (Å²) >= 11 is 0. The summed E-state index contributed by atoms with van der Waals surface area (Å²) in [7, 11) is 0. The molecule has 1 N–H and O–H groups in total. The van der Waals surface area contributed by atoms with Crippen molar-refractivity contribution in [3.8, 4) is 5.75 Å². The Bertz CT molecular complexity index is 1670. The molecule has 8 nitrogen and oxygen atoms in total. The Labute approximate surface area is 186 Å². The lowest BCUT2D eigenvalue weighted by atomic mass is 10.0. The van der Waals surface area contributed by atoms with E-state index in [0.717, 1.165) is 0 Å². The van der Waals surface area contributed by atoms with Crippen molar-refractivity contribution < 1.29 is 18.7 Å². The van der Waals surface area contributed by atoms with E-state index in [1.807, 2.05) is 13.8 Å². The van der Waals surface area contributed by atoms with E-state index in [4.69, 9.17) is 8.83 Å². The molecule has 3 aromatic heterocycles. The zero-order valence-electron chi connectivity index (χ0n) is 18.0. The van der Waals surface area contributed by atoms with Gasteiger partial charge in [-0.2, -0.15) is 9.78 Å². The number of fused-ring (bicyclic) bond motifs is 4. The number of para-hydroxylation sites is 1. The zero-order valence-corrected chi connectivity index (χ0v) is 18.0. The Balaban J connectivity index is 1.72.